The molecule has 1 N–H and O–H groups in total. The number of rotatable bonds is 12. The number of amides is 3. The van der Waals surface area contributed by atoms with Gasteiger partial charge in [-0.05, 0) is 55.2 Å². The van der Waals surface area contributed by atoms with Crippen molar-refractivity contribution in [1.82, 2.24) is 9.96 Å². The first-order valence-corrected chi connectivity index (χ1v) is 12.4. The van der Waals surface area contributed by atoms with Gasteiger partial charge in [0, 0.05) is 6.54 Å². The second-order valence-corrected chi connectivity index (χ2v) is 10.7. The van der Waals surface area contributed by atoms with Gasteiger partial charge < -0.3 is 9.64 Å². The van der Waals surface area contributed by atoms with Crippen molar-refractivity contribution in [2.45, 2.75) is 44.9 Å². The summed E-state index contributed by atoms with van der Waals surface area (Å²) in [5.74, 6) is -0.761. The van der Waals surface area contributed by atoms with Gasteiger partial charge in [0.15, 0.2) is 21.4 Å². The standard InChI is InChI=1S/C21H29FN2O6S/c1-15(17-7-8-18(22)19(11-17)30-13-16-5-6-16)14-31(28,29)10-4-2-3-9-23-12-20(25)24(27)21(23)26/h7-8,11,15-16,27H,2-6,9-10,12-14H2,1H3/t15-/m0/s1. The Morgan fingerprint density at radius 1 is 1.23 bits per heavy atom. The molecule has 3 amide bonds. The highest BCUT2D eigenvalue weighted by atomic mass is 32.2. The molecule has 0 unspecified atom stereocenters. The molecule has 0 aromatic heterocycles. The van der Waals surface area contributed by atoms with E-state index in [-0.39, 0.29) is 41.3 Å². The number of carbonyl (C=O) groups excluding carboxylic acids is 2. The molecule has 1 aromatic carbocycles. The molecule has 2 fully saturated rings. The van der Waals surface area contributed by atoms with Crippen molar-refractivity contribution in [3.8, 4) is 5.75 Å². The molecule has 3 rings (SSSR count). The molecule has 1 atom stereocenters. The summed E-state index contributed by atoms with van der Waals surface area (Å²) in [7, 11) is -3.31. The summed E-state index contributed by atoms with van der Waals surface area (Å²) < 4.78 is 44.5. The minimum Gasteiger partial charge on any atom is -0.490 e. The maximum absolute atomic E-state index is 14.0. The van der Waals surface area contributed by atoms with Crippen LogP contribution in [0.1, 0.15) is 50.5 Å². The van der Waals surface area contributed by atoms with E-state index in [1.807, 2.05) is 0 Å². The van der Waals surface area contributed by atoms with Crippen molar-refractivity contribution in [2.75, 3.05) is 31.2 Å². The van der Waals surface area contributed by atoms with Crippen LogP contribution in [0.5, 0.6) is 5.75 Å². The smallest absolute Gasteiger partial charge is 0.351 e. The lowest BCUT2D eigenvalue weighted by Crippen LogP contribution is -2.31. The van der Waals surface area contributed by atoms with Crippen molar-refractivity contribution in [3.05, 3.63) is 29.6 Å². The number of urea groups is 1. The van der Waals surface area contributed by atoms with E-state index in [1.165, 1.54) is 11.0 Å². The third-order valence-electron chi connectivity index (χ3n) is 5.60. The van der Waals surface area contributed by atoms with E-state index in [0.29, 0.717) is 31.8 Å². The fraction of sp³-hybridized carbons (Fsp3) is 0.619. The van der Waals surface area contributed by atoms with E-state index in [4.69, 9.17) is 4.74 Å². The summed E-state index contributed by atoms with van der Waals surface area (Å²) in [6, 6.07) is 3.76. The number of hydrogen-bond acceptors (Lipinski definition) is 6. The van der Waals surface area contributed by atoms with Crippen LogP contribution in [-0.4, -0.2) is 66.7 Å². The van der Waals surface area contributed by atoms with E-state index < -0.39 is 27.6 Å². The van der Waals surface area contributed by atoms with Crippen molar-refractivity contribution in [1.29, 1.82) is 0 Å². The molecule has 0 spiro atoms. The van der Waals surface area contributed by atoms with Gasteiger partial charge in [-0.1, -0.05) is 19.4 Å². The third kappa shape index (κ3) is 6.64. The molecule has 172 valence electrons. The lowest BCUT2D eigenvalue weighted by atomic mass is 10.0. The average Bonchev–Trinajstić information content (AvgIpc) is 3.51. The number of benzene rings is 1. The summed E-state index contributed by atoms with van der Waals surface area (Å²) in [6.07, 6.45) is 3.75. The van der Waals surface area contributed by atoms with Crippen molar-refractivity contribution < 1.29 is 32.3 Å². The number of nitrogens with zero attached hydrogens (tertiary/aromatic N) is 2. The Hall–Kier alpha value is -2.20. The predicted molar refractivity (Wildman–Crippen MR) is 111 cm³/mol. The van der Waals surface area contributed by atoms with Crippen LogP contribution in [0.2, 0.25) is 0 Å². The fourth-order valence-corrected chi connectivity index (χ4v) is 5.27. The SMILES string of the molecule is C[C@@H](CS(=O)(=O)CCCCCN1CC(=O)N(O)C1=O)c1ccc(F)c(OCC2CC2)c1. The Labute approximate surface area is 181 Å². The maximum Gasteiger partial charge on any atom is 0.351 e. The molecular weight excluding hydrogens is 427 g/mol. The van der Waals surface area contributed by atoms with Gasteiger partial charge in [-0.2, -0.15) is 0 Å². The summed E-state index contributed by atoms with van der Waals surface area (Å²) in [4.78, 5) is 24.1. The number of carbonyl (C=O) groups is 2. The van der Waals surface area contributed by atoms with Gasteiger partial charge in [0.1, 0.15) is 6.54 Å². The number of hydrogen-bond donors (Lipinski definition) is 1. The van der Waals surface area contributed by atoms with Gasteiger partial charge in [0.05, 0.1) is 18.1 Å². The zero-order valence-electron chi connectivity index (χ0n) is 17.6. The van der Waals surface area contributed by atoms with Gasteiger partial charge in [0.25, 0.3) is 5.91 Å². The topological polar surface area (TPSA) is 104 Å². The normalized spacial score (nSPS) is 18.0. The van der Waals surface area contributed by atoms with Crippen LogP contribution in [0, 0.1) is 11.7 Å². The van der Waals surface area contributed by atoms with Gasteiger partial charge in [-0.3, -0.25) is 10.0 Å². The third-order valence-corrected chi connectivity index (χ3v) is 7.52. The minimum atomic E-state index is -3.31. The Morgan fingerprint density at radius 2 is 1.97 bits per heavy atom. The summed E-state index contributed by atoms with van der Waals surface area (Å²) >= 11 is 0. The summed E-state index contributed by atoms with van der Waals surface area (Å²) in [5, 5.41) is 9.30. The molecule has 8 nitrogen and oxygen atoms in total. The number of halogens is 1. The Balaban J connectivity index is 1.42. The zero-order valence-corrected chi connectivity index (χ0v) is 18.4. The molecule has 1 aliphatic heterocycles. The number of unbranched alkanes of at least 4 members (excludes halogenated alkanes) is 2. The molecular formula is C21H29FN2O6S. The highest BCUT2D eigenvalue weighted by molar-refractivity contribution is 7.91. The summed E-state index contributed by atoms with van der Waals surface area (Å²) in [6.45, 7) is 2.42. The van der Waals surface area contributed by atoms with E-state index in [0.717, 1.165) is 18.4 Å². The second kappa shape index (κ2) is 9.95. The molecule has 31 heavy (non-hydrogen) atoms. The zero-order chi connectivity index (χ0) is 22.6. The number of sulfone groups is 1. The molecule has 1 saturated heterocycles. The maximum atomic E-state index is 14.0. The predicted octanol–water partition coefficient (Wildman–Crippen LogP) is 2.96. The van der Waals surface area contributed by atoms with Gasteiger partial charge in [-0.15, -0.1) is 5.06 Å². The van der Waals surface area contributed by atoms with Gasteiger partial charge in [0.2, 0.25) is 0 Å². The molecule has 0 radical (unpaired) electrons. The quantitative estimate of drug-likeness (QED) is 0.295. The highest BCUT2D eigenvalue weighted by Gasteiger charge is 2.34. The molecule has 1 saturated carbocycles. The molecule has 1 aromatic rings. The molecule has 1 aliphatic carbocycles. The molecule has 0 bridgehead atoms. The lowest BCUT2D eigenvalue weighted by molar-refractivity contribution is -0.146. The van der Waals surface area contributed by atoms with Crippen LogP contribution in [0.4, 0.5) is 9.18 Å². The van der Waals surface area contributed by atoms with Crippen LogP contribution >= 0.6 is 0 Å². The van der Waals surface area contributed by atoms with E-state index in [2.05, 4.69) is 0 Å². The van der Waals surface area contributed by atoms with Crippen molar-refractivity contribution in [3.63, 3.8) is 0 Å². The van der Waals surface area contributed by atoms with Gasteiger partial charge in [-0.25, -0.2) is 17.6 Å². The highest BCUT2D eigenvalue weighted by Crippen LogP contribution is 2.31. The molecule has 1 heterocycles. The molecule has 2 aliphatic rings. The lowest BCUT2D eigenvalue weighted by Gasteiger charge is -2.15. The second-order valence-electron chi connectivity index (χ2n) is 8.43. The first-order chi connectivity index (χ1) is 14.7. The van der Waals surface area contributed by atoms with Crippen LogP contribution < -0.4 is 4.74 Å². The van der Waals surface area contributed by atoms with Crippen molar-refractivity contribution in [2.24, 2.45) is 5.92 Å². The Morgan fingerprint density at radius 3 is 2.61 bits per heavy atom. The minimum absolute atomic E-state index is 0.0164. The fourth-order valence-electron chi connectivity index (χ4n) is 3.50. The van der Waals surface area contributed by atoms with Crippen LogP contribution in [0.25, 0.3) is 0 Å². The first kappa shape index (κ1) is 23.5. The number of imide groups is 1. The van der Waals surface area contributed by atoms with Crippen LogP contribution in [0.3, 0.4) is 0 Å². The first-order valence-electron chi connectivity index (χ1n) is 10.6. The number of ether oxygens (including phenoxy) is 1. The molecule has 10 heteroatoms. The van der Waals surface area contributed by atoms with E-state index >= 15 is 0 Å². The Bertz CT molecular complexity index is 918. The number of hydroxylamine groups is 2. The Kier molecular flexibility index (Phi) is 7.53. The van der Waals surface area contributed by atoms with Crippen LogP contribution in [-0.2, 0) is 14.6 Å². The average molecular weight is 457 g/mol. The van der Waals surface area contributed by atoms with Gasteiger partial charge >= 0.3 is 6.03 Å². The van der Waals surface area contributed by atoms with E-state index in [1.54, 1.807) is 19.1 Å². The van der Waals surface area contributed by atoms with Crippen molar-refractivity contribution >= 4 is 21.8 Å². The monoisotopic (exact) mass is 456 g/mol. The largest absolute Gasteiger partial charge is 0.490 e. The van der Waals surface area contributed by atoms with E-state index in [9.17, 15) is 27.6 Å². The van der Waals surface area contributed by atoms with Crippen LogP contribution in [0.15, 0.2) is 18.2 Å². The summed E-state index contributed by atoms with van der Waals surface area (Å²) in [5.41, 5.74) is 0.724.